The molecule has 138 valence electrons. The van der Waals surface area contributed by atoms with Gasteiger partial charge >= 0.3 is 0 Å². The fourth-order valence-corrected chi connectivity index (χ4v) is 4.66. The van der Waals surface area contributed by atoms with Gasteiger partial charge in [0, 0.05) is 31.2 Å². The fourth-order valence-electron chi connectivity index (χ4n) is 4.33. The first-order chi connectivity index (χ1) is 12.8. The molecule has 1 aliphatic carbocycles. The average molecular weight is 371 g/mol. The van der Waals surface area contributed by atoms with Gasteiger partial charge in [0.25, 0.3) is 0 Å². The van der Waals surface area contributed by atoms with Gasteiger partial charge in [-0.3, -0.25) is 4.98 Å². The number of pyridine rings is 1. The molecule has 2 fully saturated rings. The Bertz CT molecular complexity index is 741. The summed E-state index contributed by atoms with van der Waals surface area (Å²) >= 11 is 5.56. The van der Waals surface area contributed by atoms with Gasteiger partial charge in [-0.15, -0.1) is 0 Å². The zero-order valence-electron chi connectivity index (χ0n) is 14.9. The lowest BCUT2D eigenvalue weighted by molar-refractivity contribution is 0.223. The second-order valence-corrected chi connectivity index (χ2v) is 7.61. The molecule has 2 aromatic rings. The van der Waals surface area contributed by atoms with Crippen LogP contribution in [0.15, 0.2) is 42.9 Å². The number of hydrogen-bond donors (Lipinski definition) is 2. The van der Waals surface area contributed by atoms with Gasteiger partial charge in [0.15, 0.2) is 5.11 Å². The largest absolute Gasteiger partial charge is 0.395 e. The lowest BCUT2D eigenvalue weighted by Gasteiger charge is -2.27. The molecule has 6 heteroatoms. The molecular weight excluding hydrogens is 344 g/mol. The van der Waals surface area contributed by atoms with Gasteiger partial charge in [-0.1, -0.05) is 25.3 Å². The highest BCUT2D eigenvalue weighted by Crippen LogP contribution is 2.39. The summed E-state index contributed by atoms with van der Waals surface area (Å²) < 4.78 is 2.38. The van der Waals surface area contributed by atoms with Gasteiger partial charge in [0.05, 0.1) is 24.4 Å². The molecule has 1 aliphatic heterocycles. The molecule has 0 aromatic carbocycles. The molecule has 3 heterocycles. The minimum atomic E-state index is -0.00236. The van der Waals surface area contributed by atoms with E-state index in [0.717, 1.165) is 5.69 Å². The van der Waals surface area contributed by atoms with Gasteiger partial charge in [-0.2, -0.15) is 0 Å². The van der Waals surface area contributed by atoms with E-state index < -0.39 is 0 Å². The summed E-state index contributed by atoms with van der Waals surface area (Å²) in [5.41, 5.74) is 2.21. The molecular formula is C20H26N4OS. The Kier molecular flexibility index (Phi) is 5.22. The second kappa shape index (κ2) is 7.76. The van der Waals surface area contributed by atoms with Crippen LogP contribution in [0.4, 0.5) is 0 Å². The van der Waals surface area contributed by atoms with Crippen molar-refractivity contribution in [3.8, 4) is 0 Å². The number of hydrogen-bond acceptors (Lipinski definition) is 3. The smallest absolute Gasteiger partial charge is 0.170 e. The van der Waals surface area contributed by atoms with E-state index in [9.17, 15) is 5.11 Å². The molecule has 2 N–H and O–H groups in total. The Balaban J connectivity index is 1.65. The second-order valence-electron chi connectivity index (χ2n) is 7.23. The van der Waals surface area contributed by atoms with Crippen LogP contribution >= 0.6 is 12.2 Å². The molecule has 2 aliphatic rings. The van der Waals surface area contributed by atoms with Gasteiger partial charge in [0.1, 0.15) is 0 Å². The van der Waals surface area contributed by atoms with Gasteiger partial charge < -0.3 is 19.9 Å². The van der Waals surface area contributed by atoms with Crippen molar-refractivity contribution in [1.82, 2.24) is 19.8 Å². The van der Waals surface area contributed by atoms with Crippen LogP contribution in [-0.2, 0) is 0 Å². The zero-order valence-corrected chi connectivity index (χ0v) is 15.7. The molecule has 0 bridgehead atoms. The molecule has 1 saturated carbocycles. The molecule has 2 aromatic heterocycles. The molecule has 5 nitrogen and oxygen atoms in total. The normalized spacial score (nSPS) is 24.0. The minimum Gasteiger partial charge on any atom is -0.395 e. The van der Waals surface area contributed by atoms with Crippen LogP contribution in [-0.4, -0.2) is 37.8 Å². The third-order valence-electron chi connectivity index (χ3n) is 5.61. The summed E-state index contributed by atoms with van der Waals surface area (Å²) in [6.07, 6.45) is 12.8. The topological polar surface area (TPSA) is 53.3 Å². The van der Waals surface area contributed by atoms with Crippen LogP contribution in [0.3, 0.4) is 0 Å². The van der Waals surface area contributed by atoms with Crippen molar-refractivity contribution in [3.05, 3.63) is 54.1 Å². The average Bonchev–Trinajstić information content (AvgIpc) is 3.29. The van der Waals surface area contributed by atoms with E-state index in [1.54, 1.807) is 0 Å². The third kappa shape index (κ3) is 3.35. The quantitative estimate of drug-likeness (QED) is 0.791. The number of aliphatic hydroxyl groups is 1. The maximum atomic E-state index is 9.53. The van der Waals surface area contributed by atoms with Gasteiger partial charge in [-0.25, -0.2) is 0 Å². The van der Waals surface area contributed by atoms with E-state index in [1.807, 2.05) is 24.4 Å². The summed E-state index contributed by atoms with van der Waals surface area (Å²) in [7, 11) is 0. The van der Waals surface area contributed by atoms with Crippen LogP contribution in [0.5, 0.6) is 0 Å². The van der Waals surface area contributed by atoms with Crippen molar-refractivity contribution in [1.29, 1.82) is 0 Å². The first kappa shape index (κ1) is 17.5. The van der Waals surface area contributed by atoms with Crippen molar-refractivity contribution < 1.29 is 5.11 Å². The minimum absolute atomic E-state index is 0.00236. The fraction of sp³-hybridized carbons (Fsp3) is 0.500. The number of aliphatic hydroxyl groups excluding tert-OH is 1. The number of nitrogens with one attached hydrogen (secondary N) is 1. The van der Waals surface area contributed by atoms with Crippen LogP contribution in [0.1, 0.15) is 61.5 Å². The van der Waals surface area contributed by atoms with Crippen molar-refractivity contribution in [2.24, 2.45) is 0 Å². The van der Waals surface area contributed by atoms with Gasteiger partial charge in [-0.05, 0) is 48.8 Å². The highest BCUT2D eigenvalue weighted by atomic mass is 32.1. The number of aromatic nitrogens is 2. The molecule has 0 unspecified atom stereocenters. The molecule has 1 saturated heterocycles. The van der Waals surface area contributed by atoms with Crippen LogP contribution in [0, 0.1) is 0 Å². The number of β-amino-alcohol motifs (C(OH)–C–C–N with tert-alkyl or cyclic N) is 1. The SMILES string of the molecule is OCCN1C(=S)N[C@@H](c2ccccn2)[C@@H]1c1ccn(C2CCCCC2)c1. The standard InChI is InChI=1S/C20H26N4OS/c25-13-12-24-19(18(22-20(24)26)17-8-4-5-10-21-17)15-9-11-23(14-15)16-6-2-1-3-7-16/h4-5,8-11,14,16,18-19,25H,1-3,6-7,12-13H2,(H,22,26)/t18-,19-/m0/s1. The van der Waals surface area contributed by atoms with Crippen molar-refractivity contribution in [2.75, 3.05) is 13.2 Å². The first-order valence-electron chi connectivity index (χ1n) is 9.54. The Morgan fingerprint density at radius 2 is 2.04 bits per heavy atom. The molecule has 4 rings (SSSR count). The third-order valence-corrected chi connectivity index (χ3v) is 5.97. The van der Waals surface area contributed by atoms with E-state index in [0.29, 0.717) is 17.7 Å². The molecule has 0 spiro atoms. The van der Waals surface area contributed by atoms with Crippen LogP contribution < -0.4 is 5.32 Å². The summed E-state index contributed by atoms with van der Waals surface area (Å²) in [5.74, 6) is 0. The molecule has 0 amide bonds. The van der Waals surface area contributed by atoms with Gasteiger partial charge in [0.2, 0.25) is 0 Å². The highest BCUT2D eigenvalue weighted by Gasteiger charge is 2.39. The Hall–Kier alpha value is -1.92. The highest BCUT2D eigenvalue weighted by molar-refractivity contribution is 7.80. The Morgan fingerprint density at radius 3 is 2.77 bits per heavy atom. The first-order valence-corrected chi connectivity index (χ1v) is 9.95. The summed E-state index contributed by atoms with van der Waals surface area (Å²) in [6, 6.07) is 8.83. The monoisotopic (exact) mass is 370 g/mol. The van der Waals surface area contributed by atoms with E-state index >= 15 is 0 Å². The van der Waals surface area contributed by atoms with E-state index in [-0.39, 0.29) is 18.7 Å². The molecule has 2 atom stereocenters. The van der Waals surface area contributed by atoms with E-state index in [1.165, 1.54) is 37.7 Å². The van der Waals surface area contributed by atoms with E-state index in [2.05, 4.69) is 38.2 Å². The summed E-state index contributed by atoms with van der Waals surface area (Å²) in [4.78, 5) is 6.64. The summed E-state index contributed by atoms with van der Waals surface area (Å²) in [6.45, 7) is 0.602. The van der Waals surface area contributed by atoms with Crippen LogP contribution in [0.25, 0.3) is 0 Å². The maximum absolute atomic E-state index is 9.53. The van der Waals surface area contributed by atoms with E-state index in [4.69, 9.17) is 12.2 Å². The number of nitrogens with zero attached hydrogens (tertiary/aromatic N) is 3. The van der Waals surface area contributed by atoms with Crippen LogP contribution in [0.2, 0.25) is 0 Å². The van der Waals surface area contributed by atoms with Crippen molar-refractivity contribution >= 4 is 17.3 Å². The lowest BCUT2D eigenvalue weighted by atomic mass is 9.95. The molecule has 0 radical (unpaired) electrons. The Labute approximate surface area is 160 Å². The predicted molar refractivity (Wildman–Crippen MR) is 106 cm³/mol. The number of thiocarbonyl (C=S) groups is 1. The Morgan fingerprint density at radius 1 is 1.19 bits per heavy atom. The molecule has 26 heavy (non-hydrogen) atoms. The predicted octanol–water partition coefficient (Wildman–Crippen LogP) is 3.35. The zero-order chi connectivity index (χ0) is 17.9. The van der Waals surface area contributed by atoms with Crippen molar-refractivity contribution in [3.63, 3.8) is 0 Å². The maximum Gasteiger partial charge on any atom is 0.170 e. The summed E-state index contributed by atoms with van der Waals surface area (Å²) in [5, 5.41) is 13.6. The lowest BCUT2D eigenvalue weighted by Crippen LogP contribution is -2.32. The number of rotatable bonds is 5. The van der Waals surface area contributed by atoms with Crippen molar-refractivity contribution in [2.45, 2.75) is 50.2 Å².